The lowest BCUT2D eigenvalue weighted by atomic mass is 10.1. The van der Waals surface area contributed by atoms with E-state index in [4.69, 9.17) is 21.1 Å². The Bertz CT molecular complexity index is 1350. The Morgan fingerprint density at radius 1 is 1.17 bits per heavy atom. The third-order valence-electron chi connectivity index (χ3n) is 6.68. The molecule has 11 heteroatoms. The van der Waals surface area contributed by atoms with Gasteiger partial charge in [0.25, 0.3) is 5.91 Å². The van der Waals surface area contributed by atoms with Crippen LogP contribution in [-0.4, -0.2) is 62.2 Å². The SMILES string of the molecule is CCOC(=O)N1CCC(Oc2cc(F)ccc2C(=O)N2Cc3nn4c(C)c(Cl)c(C)nc4c3C2)CC1. The van der Waals surface area contributed by atoms with Gasteiger partial charge in [-0.2, -0.15) is 5.10 Å². The highest BCUT2D eigenvalue weighted by molar-refractivity contribution is 6.31. The average Bonchev–Trinajstić information content (AvgIpc) is 3.42. The molecule has 0 saturated carbocycles. The molecule has 0 radical (unpaired) electrons. The first kappa shape index (κ1) is 24.3. The Morgan fingerprint density at radius 2 is 1.92 bits per heavy atom. The van der Waals surface area contributed by atoms with E-state index in [1.807, 2.05) is 13.8 Å². The number of nitrogens with zero attached hydrogens (tertiary/aromatic N) is 5. The fraction of sp³-hybridized carbons (Fsp3) is 0.440. The van der Waals surface area contributed by atoms with Crippen LogP contribution in [0.3, 0.4) is 0 Å². The summed E-state index contributed by atoms with van der Waals surface area (Å²) in [4.78, 5) is 33.3. The molecule has 0 N–H and O–H groups in total. The van der Waals surface area contributed by atoms with Crippen molar-refractivity contribution in [2.45, 2.75) is 52.8 Å². The van der Waals surface area contributed by atoms with Crippen LogP contribution in [0.15, 0.2) is 18.2 Å². The molecule has 5 rings (SSSR count). The number of amides is 2. The summed E-state index contributed by atoms with van der Waals surface area (Å²) in [5.74, 6) is -0.558. The maximum absolute atomic E-state index is 14.1. The molecule has 1 fully saturated rings. The van der Waals surface area contributed by atoms with Crippen LogP contribution in [-0.2, 0) is 17.8 Å². The largest absolute Gasteiger partial charge is 0.489 e. The minimum absolute atomic E-state index is 0.199. The minimum Gasteiger partial charge on any atom is -0.489 e. The van der Waals surface area contributed by atoms with Crippen molar-refractivity contribution >= 4 is 29.2 Å². The van der Waals surface area contributed by atoms with Gasteiger partial charge in [-0.1, -0.05) is 11.6 Å². The lowest BCUT2D eigenvalue weighted by Gasteiger charge is -2.32. The third kappa shape index (κ3) is 4.34. The highest BCUT2D eigenvalue weighted by Crippen LogP contribution is 2.32. The number of benzene rings is 1. The smallest absolute Gasteiger partial charge is 0.409 e. The Kier molecular flexibility index (Phi) is 6.46. The molecular formula is C25H27ClFN5O4. The second kappa shape index (κ2) is 9.57. The van der Waals surface area contributed by atoms with Crippen molar-refractivity contribution < 1.29 is 23.5 Å². The highest BCUT2D eigenvalue weighted by atomic mass is 35.5. The van der Waals surface area contributed by atoms with Crippen molar-refractivity contribution in [3.8, 4) is 5.75 Å². The summed E-state index contributed by atoms with van der Waals surface area (Å²) in [5.41, 5.74) is 4.11. The normalized spacial score (nSPS) is 15.9. The summed E-state index contributed by atoms with van der Waals surface area (Å²) in [7, 11) is 0. The number of carbonyl (C=O) groups is 2. The summed E-state index contributed by atoms with van der Waals surface area (Å²) >= 11 is 6.33. The van der Waals surface area contributed by atoms with Crippen LogP contribution >= 0.6 is 11.6 Å². The van der Waals surface area contributed by atoms with Crippen molar-refractivity contribution in [3.05, 3.63) is 57.2 Å². The number of carbonyl (C=O) groups excluding carboxylic acids is 2. The number of fused-ring (bicyclic) bond motifs is 3. The van der Waals surface area contributed by atoms with Crippen LogP contribution in [0, 0.1) is 19.7 Å². The Balaban J connectivity index is 1.32. The van der Waals surface area contributed by atoms with Crippen LogP contribution in [0.1, 0.15) is 52.8 Å². The van der Waals surface area contributed by atoms with Gasteiger partial charge in [-0.15, -0.1) is 0 Å². The second-order valence-corrected chi connectivity index (χ2v) is 9.44. The molecule has 9 nitrogen and oxygen atoms in total. The first-order valence-corrected chi connectivity index (χ1v) is 12.3. The van der Waals surface area contributed by atoms with Crippen molar-refractivity contribution in [2.24, 2.45) is 0 Å². The molecule has 1 aromatic carbocycles. The van der Waals surface area contributed by atoms with E-state index in [9.17, 15) is 14.0 Å². The van der Waals surface area contributed by atoms with Crippen LogP contribution in [0.4, 0.5) is 9.18 Å². The van der Waals surface area contributed by atoms with Gasteiger partial charge in [-0.3, -0.25) is 4.79 Å². The summed E-state index contributed by atoms with van der Waals surface area (Å²) in [6, 6.07) is 3.96. The second-order valence-electron chi connectivity index (χ2n) is 9.06. The standard InChI is InChI=1S/C25H27ClFN5O4/c1-4-35-25(34)30-9-7-17(8-10-30)36-21-11-16(27)5-6-18(21)24(33)31-12-19-20(13-31)29-32-15(3)22(26)14(2)28-23(19)32/h5-6,11,17H,4,7-10,12-13H2,1-3H3. The molecule has 2 amide bonds. The molecule has 1 saturated heterocycles. The number of hydrogen-bond acceptors (Lipinski definition) is 6. The van der Waals surface area contributed by atoms with E-state index in [0.717, 1.165) is 17.0 Å². The Hall–Kier alpha value is -3.40. The van der Waals surface area contributed by atoms with Gasteiger partial charge in [0.15, 0.2) is 5.65 Å². The predicted molar refractivity (Wildman–Crippen MR) is 130 cm³/mol. The fourth-order valence-corrected chi connectivity index (χ4v) is 4.87. The number of piperidine rings is 1. The quantitative estimate of drug-likeness (QED) is 0.515. The lowest BCUT2D eigenvalue weighted by molar-refractivity contribution is 0.0674. The topological polar surface area (TPSA) is 89.3 Å². The maximum Gasteiger partial charge on any atom is 0.409 e. The number of hydrogen-bond donors (Lipinski definition) is 0. The zero-order chi connectivity index (χ0) is 25.6. The van der Waals surface area contributed by atoms with Gasteiger partial charge in [0.2, 0.25) is 0 Å². The molecule has 4 heterocycles. The zero-order valence-electron chi connectivity index (χ0n) is 20.4. The molecule has 190 valence electrons. The van der Waals surface area contributed by atoms with E-state index >= 15 is 0 Å². The minimum atomic E-state index is -0.486. The van der Waals surface area contributed by atoms with Gasteiger partial charge >= 0.3 is 6.09 Å². The molecule has 0 aliphatic carbocycles. The van der Waals surface area contributed by atoms with E-state index in [-0.39, 0.29) is 29.4 Å². The number of rotatable bonds is 4. The lowest BCUT2D eigenvalue weighted by Crippen LogP contribution is -2.42. The molecule has 3 aromatic rings. The summed E-state index contributed by atoms with van der Waals surface area (Å²) < 4.78 is 27.0. The van der Waals surface area contributed by atoms with E-state index in [2.05, 4.69) is 10.1 Å². The van der Waals surface area contributed by atoms with Crippen molar-refractivity contribution in [1.82, 2.24) is 24.4 Å². The summed E-state index contributed by atoms with van der Waals surface area (Å²) in [6.07, 6.45) is 0.522. The first-order valence-electron chi connectivity index (χ1n) is 12.0. The number of halogens is 2. The molecular weight excluding hydrogens is 489 g/mol. The molecule has 0 unspecified atom stereocenters. The molecule has 0 bridgehead atoms. The monoisotopic (exact) mass is 515 g/mol. The molecule has 36 heavy (non-hydrogen) atoms. The number of likely N-dealkylation sites (tertiary alicyclic amines) is 1. The van der Waals surface area contributed by atoms with Crippen LogP contribution in [0.2, 0.25) is 5.02 Å². The van der Waals surface area contributed by atoms with Gasteiger partial charge in [-0.25, -0.2) is 18.7 Å². The fourth-order valence-electron chi connectivity index (χ4n) is 4.75. The van der Waals surface area contributed by atoms with Crippen molar-refractivity contribution in [2.75, 3.05) is 19.7 Å². The van der Waals surface area contributed by atoms with Crippen LogP contribution in [0.25, 0.3) is 5.65 Å². The molecule has 2 aliphatic heterocycles. The molecule has 0 spiro atoms. The first-order chi connectivity index (χ1) is 17.3. The van der Waals surface area contributed by atoms with E-state index in [1.54, 1.807) is 21.2 Å². The van der Waals surface area contributed by atoms with Gasteiger partial charge in [0.1, 0.15) is 17.7 Å². The van der Waals surface area contributed by atoms with E-state index < -0.39 is 5.82 Å². The van der Waals surface area contributed by atoms with Gasteiger partial charge < -0.3 is 19.3 Å². The average molecular weight is 516 g/mol. The molecule has 2 aliphatic rings. The third-order valence-corrected chi connectivity index (χ3v) is 7.23. The maximum atomic E-state index is 14.1. The van der Waals surface area contributed by atoms with Gasteiger partial charge in [0.05, 0.1) is 47.4 Å². The van der Waals surface area contributed by atoms with Gasteiger partial charge in [-0.05, 0) is 32.9 Å². The number of aryl methyl sites for hydroxylation is 2. The zero-order valence-corrected chi connectivity index (χ0v) is 21.1. The van der Waals surface area contributed by atoms with Gasteiger partial charge in [0, 0.05) is 37.6 Å². The summed E-state index contributed by atoms with van der Waals surface area (Å²) in [5, 5.41) is 5.20. The van der Waals surface area contributed by atoms with E-state index in [0.29, 0.717) is 62.0 Å². The van der Waals surface area contributed by atoms with E-state index in [1.165, 1.54) is 18.2 Å². The Morgan fingerprint density at radius 3 is 2.64 bits per heavy atom. The van der Waals surface area contributed by atoms with Crippen molar-refractivity contribution in [3.63, 3.8) is 0 Å². The number of aromatic nitrogens is 3. The summed E-state index contributed by atoms with van der Waals surface area (Å²) in [6.45, 7) is 7.39. The van der Waals surface area contributed by atoms with Crippen LogP contribution < -0.4 is 4.74 Å². The van der Waals surface area contributed by atoms with Crippen LogP contribution in [0.5, 0.6) is 5.75 Å². The number of ether oxygens (including phenoxy) is 2. The van der Waals surface area contributed by atoms with Crippen molar-refractivity contribution in [1.29, 1.82) is 0 Å². The molecule has 0 atom stereocenters. The molecule has 2 aromatic heterocycles. The predicted octanol–water partition coefficient (Wildman–Crippen LogP) is 4.29. The highest BCUT2D eigenvalue weighted by Gasteiger charge is 2.32. The Labute approximate surface area is 212 Å².